The van der Waals surface area contributed by atoms with Crippen LogP contribution in [-0.2, 0) is 0 Å². The normalized spacial score (nSPS) is 11.8. The van der Waals surface area contributed by atoms with E-state index in [0.29, 0.717) is 11.4 Å². The summed E-state index contributed by atoms with van der Waals surface area (Å²) >= 11 is 1.54. The summed E-state index contributed by atoms with van der Waals surface area (Å²) in [4.78, 5) is 16.1. The molecule has 0 saturated carbocycles. The Morgan fingerprint density at radius 3 is 2.74 bits per heavy atom. The predicted octanol–water partition coefficient (Wildman–Crippen LogP) is 3.00. The quantitative estimate of drug-likeness (QED) is 0.751. The van der Waals surface area contributed by atoms with Crippen molar-refractivity contribution in [3.63, 3.8) is 0 Å². The van der Waals surface area contributed by atoms with E-state index in [2.05, 4.69) is 15.6 Å². The molecule has 1 aromatic carbocycles. The Hall–Kier alpha value is -2.08. The van der Waals surface area contributed by atoms with Crippen LogP contribution in [0.5, 0.6) is 0 Å². The molecule has 0 fully saturated rings. The van der Waals surface area contributed by atoms with Crippen LogP contribution in [0.15, 0.2) is 35.8 Å². The number of aromatic nitrogens is 1. The van der Waals surface area contributed by atoms with Crippen LogP contribution in [0.1, 0.15) is 24.4 Å². The van der Waals surface area contributed by atoms with Gasteiger partial charge in [-0.25, -0.2) is 9.78 Å². The first-order valence-electron chi connectivity index (χ1n) is 6.01. The van der Waals surface area contributed by atoms with E-state index in [0.717, 1.165) is 11.4 Å². The highest BCUT2D eigenvalue weighted by Gasteiger charge is 2.14. The first-order chi connectivity index (χ1) is 9.19. The summed E-state index contributed by atoms with van der Waals surface area (Å²) in [6.07, 6.45) is 2.53. The smallest absolute Gasteiger partial charge is 0.319 e. The number of carbonyl (C=O) groups is 1. The van der Waals surface area contributed by atoms with Crippen LogP contribution >= 0.6 is 11.3 Å². The van der Waals surface area contributed by atoms with Gasteiger partial charge in [0.2, 0.25) is 0 Å². The molecule has 2 rings (SSSR count). The lowest BCUT2D eigenvalue weighted by Gasteiger charge is -2.15. The first kappa shape index (κ1) is 13.4. The Morgan fingerprint density at radius 1 is 1.42 bits per heavy atom. The highest BCUT2D eigenvalue weighted by molar-refractivity contribution is 7.09. The molecule has 0 bridgehead atoms. The first-order valence-corrected chi connectivity index (χ1v) is 6.89. The fraction of sp³-hybridized carbons (Fsp3) is 0.231. The minimum absolute atomic E-state index is 0.0613. The largest absolute Gasteiger partial charge is 0.399 e. The van der Waals surface area contributed by atoms with Gasteiger partial charge in [-0.2, -0.15) is 0 Å². The van der Waals surface area contributed by atoms with Gasteiger partial charge < -0.3 is 16.4 Å². The maximum atomic E-state index is 11.9. The van der Waals surface area contributed by atoms with E-state index in [4.69, 9.17) is 5.73 Å². The van der Waals surface area contributed by atoms with E-state index in [1.165, 1.54) is 11.3 Å². The molecule has 0 radical (unpaired) electrons. The van der Waals surface area contributed by atoms with Crippen LogP contribution in [0.2, 0.25) is 0 Å². The van der Waals surface area contributed by atoms with Crippen molar-refractivity contribution in [2.45, 2.75) is 19.4 Å². The summed E-state index contributed by atoms with van der Waals surface area (Å²) in [7, 11) is 0. The molecule has 5 nitrogen and oxygen atoms in total. The third kappa shape index (κ3) is 3.69. The van der Waals surface area contributed by atoms with Crippen LogP contribution in [0.3, 0.4) is 0 Å². The zero-order chi connectivity index (χ0) is 13.7. The van der Waals surface area contributed by atoms with Gasteiger partial charge in [0.15, 0.2) is 0 Å². The molecule has 0 saturated heterocycles. The van der Waals surface area contributed by atoms with Gasteiger partial charge >= 0.3 is 6.03 Å². The summed E-state index contributed by atoms with van der Waals surface area (Å²) in [6.45, 7) is 2.01. The van der Waals surface area contributed by atoms with Crippen molar-refractivity contribution in [3.05, 3.63) is 40.8 Å². The molecule has 0 aliphatic carbocycles. The summed E-state index contributed by atoms with van der Waals surface area (Å²) < 4.78 is 0. The van der Waals surface area contributed by atoms with Crippen molar-refractivity contribution in [2.24, 2.45) is 0 Å². The maximum absolute atomic E-state index is 11.9. The number of nitrogens with two attached hydrogens (primary N) is 1. The molecule has 0 spiro atoms. The van der Waals surface area contributed by atoms with Crippen molar-refractivity contribution in [3.8, 4) is 0 Å². The Labute approximate surface area is 115 Å². The molecule has 1 atom stereocenters. The second-order valence-corrected chi connectivity index (χ2v) is 4.98. The van der Waals surface area contributed by atoms with Gasteiger partial charge in [0.25, 0.3) is 0 Å². The Bertz CT molecular complexity index is 524. The number of hydrogen-bond acceptors (Lipinski definition) is 4. The van der Waals surface area contributed by atoms with E-state index in [-0.39, 0.29) is 12.1 Å². The van der Waals surface area contributed by atoms with Gasteiger partial charge in [0.05, 0.1) is 6.04 Å². The van der Waals surface area contributed by atoms with E-state index in [9.17, 15) is 4.79 Å². The number of rotatable bonds is 4. The maximum Gasteiger partial charge on any atom is 0.319 e. The van der Waals surface area contributed by atoms with E-state index >= 15 is 0 Å². The monoisotopic (exact) mass is 276 g/mol. The standard InChI is InChI=1S/C13H16N4OS/c1-2-11(12-15-7-8-19-12)17-13(18)16-10-5-3-9(14)4-6-10/h3-8,11H,2,14H2,1H3,(H2,16,17,18). The van der Waals surface area contributed by atoms with Gasteiger partial charge in [-0.3, -0.25) is 0 Å². The van der Waals surface area contributed by atoms with Crippen molar-refractivity contribution in [2.75, 3.05) is 11.1 Å². The van der Waals surface area contributed by atoms with E-state index in [1.54, 1.807) is 30.5 Å². The van der Waals surface area contributed by atoms with Crippen molar-refractivity contribution >= 4 is 28.7 Å². The molecule has 0 aliphatic rings. The molecule has 100 valence electrons. The van der Waals surface area contributed by atoms with Crippen LogP contribution < -0.4 is 16.4 Å². The van der Waals surface area contributed by atoms with Crippen LogP contribution in [0, 0.1) is 0 Å². The third-order valence-electron chi connectivity index (χ3n) is 2.63. The highest BCUT2D eigenvalue weighted by atomic mass is 32.1. The Kier molecular flexibility index (Phi) is 4.35. The lowest BCUT2D eigenvalue weighted by Crippen LogP contribution is -2.32. The number of carbonyl (C=O) groups excluding carboxylic acids is 1. The second-order valence-electron chi connectivity index (χ2n) is 4.05. The lowest BCUT2D eigenvalue weighted by molar-refractivity contribution is 0.248. The fourth-order valence-electron chi connectivity index (χ4n) is 1.64. The van der Waals surface area contributed by atoms with E-state index < -0.39 is 0 Å². The molecule has 1 aromatic heterocycles. The van der Waals surface area contributed by atoms with Gasteiger partial charge in [-0.05, 0) is 30.7 Å². The Morgan fingerprint density at radius 2 is 2.16 bits per heavy atom. The molecule has 1 unspecified atom stereocenters. The zero-order valence-corrected chi connectivity index (χ0v) is 11.4. The summed E-state index contributed by atoms with van der Waals surface area (Å²) in [5, 5.41) is 8.48. The number of nitrogens with one attached hydrogen (secondary N) is 2. The number of nitrogen functional groups attached to an aromatic ring is 1. The summed E-state index contributed by atoms with van der Waals surface area (Å²) in [5.74, 6) is 0. The number of thiazole rings is 1. The molecule has 19 heavy (non-hydrogen) atoms. The van der Waals surface area contributed by atoms with Gasteiger partial charge in [0.1, 0.15) is 5.01 Å². The third-order valence-corrected chi connectivity index (χ3v) is 3.52. The molecule has 2 amide bonds. The number of anilines is 2. The van der Waals surface area contributed by atoms with Crippen LogP contribution in [0.25, 0.3) is 0 Å². The van der Waals surface area contributed by atoms with Crippen molar-refractivity contribution in [1.82, 2.24) is 10.3 Å². The number of nitrogens with zero attached hydrogens (tertiary/aromatic N) is 1. The minimum atomic E-state index is -0.244. The topological polar surface area (TPSA) is 80.0 Å². The molecule has 0 aliphatic heterocycles. The minimum Gasteiger partial charge on any atom is -0.399 e. The fourth-order valence-corrected chi connectivity index (χ4v) is 2.41. The highest BCUT2D eigenvalue weighted by Crippen LogP contribution is 2.19. The van der Waals surface area contributed by atoms with Crippen molar-refractivity contribution < 1.29 is 4.79 Å². The number of urea groups is 1. The molecular formula is C13H16N4OS. The van der Waals surface area contributed by atoms with E-state index in [1.807, 2.05) is 12.3 Å². The number of hydrogen-bond donors (Lipinski definition) is 3. The number of amides is 2. The van der Waals surface area contributed by atoms with Crippen LogP contribution in [0.4, 0.5) is 16.2 Å². The average molecular weight is 276 g/mol. The Balaban J connectivity index is 1.95. The van der Waals surface area contributed by atoms with Crippen molar-refractivity contribution in [1.29, 1.82) is 0 Å². The predicted molar refractivity (Wildman–Crippen MR) is 78.2 cm³/mol. The zero-order valence-electron chi connectivity index (χ0n) is 10.6. The van der Waals surface area contributed by atoms with Crippen LogP contribution in [-0.4, -0.2) is 11.0 Å². The van der Waals surface area contributed by atoms with Gasteiger partial charge in [-0.15, -0.1) is 11.3 Å². The second kappa shape index (κ2) is 6.19. The lowest BCUT2D eigenvalue weighted by atomic mass is 10.2. The SMILES string of the molecule is CCC(NC(=O)Nc1ccc(N)cc1)c1nccs1. The molecule has 2 aromatic rings. The summed E-state index contributed by atoms with van der Waals surface area (Å²) in [6, 6.07) is 6.71. The number of benzene rings is 1. The molecular weight excluding hydrogens is 260 g/mol. The van der Waals surface area contributed by atoms with Gasteiger partial charge in [0, 0.05) is 23.0 Å². The average Bonchev–Trinajstić information content (AvgIpc) is 2.92. The summed E-state index contributed by atoms with van der Waals surface area (Å²) in [5.41, 5.74) is 6.96. The molecule has 1 heterocycles. The molecule has 4 N–H and O–H groups in total. The molecule has 6 heteroatoms. The van der Waals surface area contributed by atoms with Gasteiger partial charge in [-0.1, -0.05) is 6.92 Å².